The Bertz CT molecular complexity index is 916. The van der Waals surface area contributed by atoms with E-state index in [9.17, 15) is 18.0 Å². The van der Waals surface area contributed by atoms with Crippen LogP contribution in [0.5, 0.6) is 0 Å². The first-order valence-corrected chi connectivity index (χ1v) is 10.9. The van der Waals surface area contributed by atoms with Crippen LogP contribution in [-0.4, -0.2) is 66.2 Å². The summed E-state index contributed by atoms with van der Waals surface area (Å²) in [4.78, 5) is 14.8. The number of morpholine rings is 1. The Balaban J connectivity index is 1.53. The van der Waals surface area contributed by atoms with Gasteiger partial charge in [-0.3, -0.25) is 9.69 Å². The van der Waals surface area contributed by atoms with Crippen molar-refractivity contribution >= 4 is 27.7 Å². The normalized spacial score (nSPS) is 21.9. The fourth-order valence-electron chi connectivity index (χ4n) is 3.87. The quantitative estimate of drug-likeness (QED) is 0.657. The zero-order valence-electron chi connectivity index (χ0n) is 16.7. The third kappa shape index (κ3) is 4.88. The van der Waals surface area contributed by atoms with Crippen LogP contribution < -0.4 is 10.6 Å². The summed E-state index contributed by atoms with van der Waals surface area (Å²) in [6, 6.07) is 6.56. The number of hydrogen-bond acceptors (Lipinski definition) is 5. The highest BCUT2D eigenvalue weighted by molar-refractivity contribution is 9.10. The van der Waals surface area contributed by atoms with E-state index in [-0.39, 0.29) is 22.4 Å². The van der Waals surface area contributed by atoms with Crippen molar-refractivity contribution < 1.29 is 22.7 Å². The van der Waals surface area contributed by atoms with E-state index in [2.05, 4.69) is 36.6 Å². The number of alkyl halides is 3. The highest BCUT2D eigenvalue weighted by atomic mass is 79.9. The number of fused-ring (bicyclic) bond motifs is 1. The molecule has 0 aliphatic carbocycles. The molecule has 7 nitrogen and oxygen atoms in total. The maximum atomic E-state index is 13.8. The van der Waals surface area contributed by atoms with Gasteiger partial charge in [-0.25, -0.2) is 4.68 Å². The molecule has 4 rings (SSSR count). The number of hydrogen-bond donors (Lipinski definition) is 2. The molecule has 3 heterocycles. The molecule has 0 radical (unpaired) electrons. The van der Waals surface area contributed by atoms with Crippen molar-refractivity contribution in [2.45, 2.75) is 24.7 Å². The summed E-state index contributed by atoms with van der Waals surface area (Å²) >= 11 is 3.30. The molecule has 1 saturated heterocycles. The minimum atomic E-state index is -4.50. The van der Waals surface area contributed by atoms with Crippen molar-refractivity contribution in [1.29, 1.82) is 0 Å². The lowest BCUT2D eigenvalue weighted by atomic mass is 9.97. The molecule has 2 N–H and O–H groups in total. The average Bonchev–Trinajstić information content (AvgIpc) is 3.10. The van der Waals surface area contributed by atoms with E-state index in [4.69, 9.17) is 4.74 Å². The van der Waals surface area contributed by atoms with Gasteiger partial charge in [0.25, 0.3) is 5.91 Å². The number of carbonyl (C=O) groups excluding carboxylic acids is 1. The van der Waals surface area contributed by atoms with Gasteiger partial charge < -0.3 is 15.4 Å². The zero-order valence-corrected chi connectivity index (χ0v) is 18.2. The lowest BCUT2D eigenvalue weighted by molar-refractivity contribution is -0.173. The Morgan fingerprint density at radius 2 is 1.97 bits per heavy atom. The second kappa shape index (κ2) is 9.17. The highest BCUT2D eigenvalue weighted by Crippen LogP contribution is 2.46. The van der Waals surface area contributed by atoms with Gasteiger partial charge in [0.05, 0.1) is 23.7 Å². The van der Waals surface area contributed by atoms with Crippen LogP contribution in [0.25, 0.3) is 0 Å². The minimum absolute atomic E-state index is 0.0626. The van der Waals surface area contributed by atoms with Gasteiger partial charge in [0.2, 0.25) is 0 Å². The predicted molar refractivity (Wildman–Crippen MR) is 112 cm³/mol. The molecule has 2 aliphatic rings. The Kier molecular flexibility index (Phi) is 6.54. The fourth-order valence-corrected chi connectivity index (χ4v) is 4.43. The van der Waals surface area contributed by atoms with Gasteiger partial charge in [0, 0.05) is 32.6 Å². The number of amides is 1. The van der Waals surface area contributed by atoms with Crippen molar-refractivity contribution in [2.75, 3.05) is 44.7 Å². The molecular weight excluding hydrogens is 479 g/mol. The summed E-state index contributed by atoms with van der Waals surface area (Å²) in [6.07, 6.45) is -4.72. The molecule has 0 spiro atoms. The second-order valence-electron chi connectivity index (χ2n) is 7.57. The Morgan fingerprint density at radius 3 is 2.65 bits per heavy atom. The number of anilines is 1. The van der Waals surface area contributed by atoms with Crippen LogP contribution in [0.4, 0.5) is 19.0 Å². The lowest BCUT2D eigenvalue weighted by Crippen LogP contribution is -2.41. The number of carbonyl (C=O) groups is 1. The van der Waals surface area contributed by atoms with Crippen molar-refractivity contribution in [2.24, 2.45) is 0 Å². The van der Waals surface area contributed by atoms with Crippen LogP contribution >= 0.6 is 15.9 Å². The molecule has 2 aromatic rings. The van der Waals surface area contributed by atoms with Gasteiger partial charge in [0.15, 0.2) is 11.7 Å². The standard InChI is InChI=1S/C20H23BrF3N5O2/c21-16-17(19(30)25-6-7-28-8-10-31-11-9-28)27-29-15(20(22,23)24)12-14(26-18(16)29)13-4-2-1-3-5-13/h1-5,14-15,26H,6-12H2,(H,25,30)/t14-,15-/m0/s1. The van der Waals surface area contributed by atoms with E-state index >= 15 is 0 Å². The molecule has 168 valence electrons. The van der Waals surface area contributed by atoms with Crippen LogP contribution in [0.1, 0.15) is 34.6 Å². The topological polar surface area (TPSA) is 71.4 Å². The maximum absolute atomic E-state index is 13.8. The summed E-state index contributed by atoms with van der Waals surface area (Å²) in [5.41, 5.74) is 0.681. The van der Waals surface area contributed by atoms with Gasteiger partial charge in [-0.1, -0.05) is 30.3 Å². The number of benzene rings is 1. The molecule has 1 aromatic carbocycles. The van der Waals surface area contributed by atoms with Gasteiger partial charge >= 0.3 is 6.18 Å². The van der Waals surface area contributed by atoms with Crippen molar-refractivity contribution in [3.8, 4) is 0 Å². The zero-order chi connectivity index (χ0) is 22.0. The van der Waals surface area contributed by atoms with Crippen LogP contribution in [0.15, 0.2) is 34.8 Å². The fraction of sp³-hybridized carbons (Fsp3) is 0.500. The summed E-state index contributed by atoms with van der Waals surface area (Å²) in [7, 11) is 0. The van der Waals surface area contributed by atoms with Crippen LogP contribution in [0, 0.1) is 0 Å². The minimum Gasteiger partial charge on any atom is -0.379 e. The van der Waals surface area contributed by atoms with Gasteiger partial charge in [-0.15, -0.1) is 0 Å². The van der Waals surface area contributed by atoms with E-state index in [1.54, 1.807) is 24.3 Å². The molecule has 0 bridgehead atoms. The van der Waals surface area contributed by atoms with Gasteiger partial charge in [-0.05, 0) is 21.5 Å². The largest absolute Gasteiger partial charge is 0.410 e. The van der Waals surface area contributed by atoms with Crippen LogP contribution in [-0.2, 0) is 4.74 Å². The number of nitrogens with one attached hydrogen (secondary N) is 2. The van der Waals surface area contributed by atoms with Gasteiger partial charge in [0.1, 0.15) is 5.82 Å². The number of aromatic nitrogens is 2. The maximum Gasteiger partial charge on any atom is 0.410 e. The Hall–Kier alpha value is -2.11. The van der Waals surface area contributed by atoms with Crippen LogP contribution in [0.3, 0.4) is 0 Å². The molecule has 1 fully saturated rings. The monoisotopic (exact) mass is 501 g/mol. The molecule has 31 heavy (non-hydrogen) atoms. The Morgan fingerprint density at radius 1 is 1.26 bits per heavy atom. The molecule has 1 aromatic heterocycles. The van der Waals surface area contributed by atoms with E-state index in [0.717, 1.165) is 23.3 Å². The molecule has 2 aliphatic heterocycles. The number of halogens is 4. The predicted octanol–water partition coefficient (Wildman–Crippen LogP) is 3.37. The van der Waals surface area contributed by atoms with Gasteiger partial charge in [-0.2, -0.15) is 18.3 Å². The van der Waals surface area contributed by atoms with E-state index in [1.807, 2.05) is 6.07 Å². The molecule has 0 saturated carbocycles. The number of rotatable bonds is 5. The summed E-state index contributed by atoms with van der Waals surface area (Å²) in [6.45, 7) is 3.89. The summed E-state index contributed by atoms with van der Waals surface area (Å²) in [5, 5.41) is 9.91. The highest BCUT2D eigenvalue weighted by Gasteiger charge is 2.47. The first-order valence-electron chi connectivity index (χ1n) is 10.1. The van der Waals surface area contributed by atoms with Crippen LogP contribution in [0.2, 0.25) is 0 Å². The molecule has 2 atom stereocenters. The molecular formula is C20H23BrF3N5O2. The Labute approximate surface area is 186 Å². The first-order chi connectivity index (χ1) is 14.8. The van der Waals surface area contributed by atoms with Crippen molar-refractivity contribution in [3.05, 3.63) is 46.1 Å². The second-order valence-corrected chi connectivity index (χ2v) is 8.36. The SMILES string of the molecule is O=C(NCCN1CCOCC1)c1nn2c(c1Br)N[C@H](c1ccccc1)C[C@H]2C(F)(F)F. The first kappa shape index (κ1) is 22.1. The molecule has 1 amide bonds. The lowest BCUT2D eigenvalue weighted by Gasteiger charge is -2.33. The molecule has 11 heteroatoms. The third-order valence-corrected chi connectivity index (χ3v) is 6.28. The van der Waals surface area contributed by atoms with Crippen molar-refractivity contribution in [3.63, 3.8) is 0 Å². The van der Waals surface area contributed by atoms with E-state index < -0.39 is 24.2 Å². The average molecular weight is 502 g/mol. The van der Waals surface area contributed by atoms with E-state index in [1.165, 1.54) is 0 Å². The number of ether oxygens (including phenoxy) is 1. The molecule has 0 unspecified atom stereocenters. The summed E-state index contributed by atoms with van der Waals surface area (Å²) in [5.74, 6) is -0.359. The summed E-state index contributed by atoms with van der Waals surface area (Å²) < 4.78 is 47.9. The third-order valence-electron chi connectivity index (χ3n) is 5.53. The van der Waals surface area contributed by atoms with Crippen molar-refractivity contribution in [1.82, 2.24) is 20.0 Å². The number of nitrogens with zero attached hydrogens (tertiary/aromatic N) is 3. The smallest absolute Gasteiger partial charge is 0.379 e. The van der Waals surface area contributed by atoms with E-state index in [0.29, 0.717) is 26.3 Å².